The second kappa shape index (κ2) is 6.72. The average Bonchev–Trinajstić information content (AvgIpc) is 3.11. The molecule has 0 saturated heterocycles. The average molecular weight is 315 g/mol. The quantitative estimate of drug-likeness (QED) is 0.888. The maximum Gasteiger partial charge on any atom is 0.287 e. The third-order valence-electron chi connectivity index (χ3n) is 4.66. The number of para-hydroxylation sites is 1. The monoisotopic (exact) mass is 315 g/mol. The molecule has 5 heteroatoms. The van der Waals surface area contributed by atoms with Gasteiger partial charge in [-0.1, -0.05) is 24.6 Å². The Hall–Kier alpha value is -1.85. The van der Waals surface area contributed by atoms with Gasteiger partial charge in [0.15, 0.2) is 5.76 Å². The Kier molecular flexibility index (Phi) is 4.68. The molecule has 1 fully saturated rings. The number of fused-ring (bicyclic) bond motifs is 1. The molecule has 0 aliphatic heterocycles. The molecular formula is C18H25N3O2. The molecule has 0 spiro atoms. The minimum absolute atomic E-state index is 0.122. The summed E-state index contributed by atoms with van der Waals surface area (Å²) in [5, 5.41) is 4.15. The number of amides is 1. The molecule has 5 nitrogen and oxygen atoms in total. The van der Waals surface area contributed by atoms with Crippen LogP contribution in [0.1, 0.15) is 35.4 Å². The lowest BCUT2D eigenvalue weighted by molar-refractivity contribution is 0.0900. The van der Waals surface area contributed by atoms with Crippen molar-refractivity contribution in [3.05, 3.63) is 35.6 Å². The first-order valence-electron chi connectivity index (χ1n) is 8.26. The number of carbonyl (C=O) groups excluding carboxylic acids is 1. The molecule has 23 heavy (non-hydrogen) atoms. The van der Waals surface area contributed by atoms with Gasteiger partial charge in [-0.3, -0.25) is 4.79 Å². The van der Waals surface area contributed by atoms with E-state index in [1.807, 2.05) is 43.3 Å². The summed E-state index contributed by atoms with van der Waals surface area (Å²) in [5.74, 6) is 0.687. The zero-order valence-corrected chi connectivity index (χ0v) is 13.8. The third-order valence-corrected chi connectivity index (χ3v) is 4.66. The van der Waals surface area contributed by atoms with E-state index in [9.17, 15) is 4.79 Å². The number of hydrogen-bond acceptors (Lipinski definition) is 4. The first kappa shape index (κ1) is 16.0. The summed E-state index contributed by atoms with van der Waals surface area (Å²) >= 11 is 0. The largest absolute Gasteiger partial charge is 0.451 e. The van der Waals surface area contributed by atoms with E-state index >= 15 is 0 Å². The van der Waals surface area contributed by atoms with Crippen molar-refractivity contribution >= 4 is 16.9 Å². The molecule has 0 radical (unpaired) electrons. The lowest BCUT2D eigenvalue weighted by Gasteiger charge is -2.19. The van der Waals surface area contributed by atoms with E-state index in [2.05, 4.69) is 5.32 Å². The van der Waals surface area contributed by atoms with Crippen LogP contribution in [0.4, 0.5) is 0 Å². The number of nitrogens with one attached hydrogen (secondary N) is 1. The highest BCUT2D eigenvalue weighted by Crippen LogP contribution is 2.29. The normalized spacial score (nSPS) is 21.2. The summed E-state index contributed by atoms with van der Waals surface area (Å²) in [7, 11) is 3.98. The van der Waals surface area contributed by atoms with Gasteiger partial charge < -0.3 is 20.4 Å². The maximum absolute atomic E-state index is 12.8. The van der Waals surface area contributed by atoms with Gasteiger partial charge in [-0.2, -0.15) is 0 Å². The predicted octanol–water partition coefficient (Wildman–Crippen LogP) is 2.35. The molecule has 1 saturated carbocycles. The van der Waals surface area contributed by atoms with Crippen LogP contribution in [0.5, 0.6) is 0 Å². The predicted molar refractivity (Wildman–Crippen MR) is 91.3 cm³/mol. The van der Waals surface area contributed by atoms with Crippen molar-refractivity contribution in [3.8, 4) is 0 Å². The number of nitrogens with two attached hydrogens (primary N) is 1. The molecule has 1 amide bonds. The van der Waals surface area contributed by atoms with Crippen molar-refractivity contribution in [2.45, 2.75) is 31.8 Å². The van der Waals surface area contributed by atoms with Crippen molar-refractivity contribution in [1.29, 1.82) is 0 Å². The van der Waals surface area contributed by atoms with Gasteiger partial charge >= 0.3 is 0 Å². The summed E-state index contributed by atoms with van der Waals surface area (Å²) in [4.78, 5) is 14.8. The second-order valence-electron chi connectivity index (χ2n) is 6.65. The summed E-state index contributed by atoms with van der Waals surface area (Å²) < 4.78 is 5.87. The number of nitrogens with zero attached hydrogens (tertiary/aromatic N) is 1. The van der Waals surface area contributed by atoms with Crippen LogP contribution < -0.4 is 11.1 Å². The summed E-state index contributed by atoms with van der Waals surface area (Å²) in [6.45, 7) is 1.29. The van der Waals surface area contributed by atoms with Crippen LogP contribution in [-0.2, 0) is 6.54 Å². The Balaban J connectivity index is 1.90. The Morgan fingerprint density at radius 2 is 2.13 bits per heavy atom. The first-order valence-corrected chi connectivity index (χ1v) is 8.26. The molecule has 1 aliphatic rings. The molecule has 3 rings (SSSR count). The lowest BCUT2D eigenvalue weighted by atomic mass is 10.0. The standard InChI is InChI=1S/C18H25N3O2/c1-21(2)11-14-13-7-3-4-9-16(13)23-17(14)18(22)20-15-8-5-6-12(15)10-19/h3-4,7,9,12,15H,5-6,8,10-11,19H2,1-2H3,(H,20,22). The second-order valence-corrected chi connectivity index (χ2v) is 6.65. The Labute approximate surface area is 136 Å². The highest BCUT2D eigenvalue weighted by Gasteiger charge is 2.30. The minimum atomic E-state index is -0.122. The maximum atomic E-state index is 12.8. The van der Waals surface area contributed by atoms with Crippen LogP contribution in [-0.4, -0.2) is 37.5 Å². The molecule has 3 N–H and O–H groups in total. The van der Waals surface area contributed by atoms with Crippen molar-refractivity contribution in [1.82, 2.24) is 10.2 Å². The highest BCUT2D eigenvalue weighted by molar-refractivity contribution is 5.99. The van der Waals surface area contributed by atoms with Crippen LogP contribution in [0.2, 0.25) is 0 Å². The van der Waals surface area contributed by atoms with Gasteiger partial charge in [-0.15, -0.1) is 0 Å². The molecule has 2 unspecified atom stereocenters. The molecule has 2 aromatic rings. The minimum Gasteiger partial charge on any atom is -0.451 e. The van der Waals surface area contributed by atoms with Gasteiger partial charge in [0.05, 0.1) is 0 Å². The van der Waals surface area contributed by atoms with Gasteiger partial charge in [-0.25, -0.2) is 0 Å². The molecule has 1 aromatic carbocycles. The number of carbonyl (C=O) groups is 1. The van der Waals surface area contributed by atoms with E-state index in [0.29, 0.717) is 24.8 Å². The van der Waals surface area contributed by atoms with Gasteiger partial charge in [0.25, 0.3) is 5.91 Å². The SMILES string of the molecule is CN(C)Cc1c(C(=O)NC2CCCC2CN)oc2ccccc12. The lowest BCUT2D eigenvalue weighted by Crippen LogP contribution is -2.40. The van der Waals surface area contributed by atoms with Gasteiger partial charge in [0.1, 0.15) is 5.58 Å². The third kappa shape index (κ3) is 3.26. The molecule has 0 bridgehead atoms. The molecule has 2 atom stereocenters. The number of rotatable bonds is 5. The summed E-state index contributed by atoms with van der Waals surface area (Å²) in [6, 6.07) is 7.97. The fourth-order valence-corrected chi connectivity index (χ4v) is 3.50. The van der Waals surface area contributed by atoms with Gasteiger partial charge in [0, 0.05) is 23.5 Å². The summed E-state index contributed by atoms with van der Waals surface area (Å²) in [6.07, 6.45) is 3.21. The van der Waals surface area contributed by atoms with E-state index < -0.39 is 0 Å². The highest BCUT2D eigenvalue weighted by atomic mass is 16.3. The Morgan fingerprint density at radius 1 is 1.35 bits per heavy atom. The Morgan fingerprint density at radius 3 is 2.87 bits per heavy atom. The number of furan rings is 1. The zero-order chi connectivity index (χ0) is 16.4. The van der Waals surface area contributed by atoms with Crippen molar-refractivity contribution in [2.24, 2.45) is 11.7 Å². The number of hydrogen-bond donors (Lipinski definition) is 2. The van der Waals surface area contributed by atoms with Crippen molar-refractivity contribution in [3.63, 3.8) is 0 Å². The van der Waals surface area contributed by atoms with Crippen LogP contribution in [0, 0.1) is 5.92 Å². The Bertz CT molecular complexity index is 693. The fourth-order valence-electron chi connectivity index (χ4n) is 3.50. The molecule has 1 aromatic heterocycles. The van der Waals surface area contributed by atoms with Crippen molar-refractivity contribution < 1.29 is 9.21 Å². The zero-order valence-electron chi connectivity index (χ0n) is 13.8. The smallest absolute Gasteiger partial charge is 0.287 e. The van der Waals surface area contributed by atoms with Gasteiger partial charge in [0.2, 0.25) is 0 Å². The van der Waals surface area contributed by atoms with E-state index in [0.717, 1.165) is 35.8 Å². The molecular weight excluding hydrogens is 290 g/mol. The fraction of sp³-hybridized carbons (Fsp3) is 0.500. The van der Waals surface area contributed by atoms with E-state index in [-0.39, 0.29) is 11.9 Å². The molecule has 124 valence electrons. The number of benzene rings is 1. The van der Waals surface area contributed by atoms with Crippen LogP contribution in [0.3, 0.4) is 0 Å². The summed E-state index contributed by atoms with van der Waals surface area (Å²) in [5.41, 5.74) is 7.52. The van der Waals surface area contributed by atoms with E-state index in [1.165, 1.54) is 0 Å². The van der Waals surface area contributed by atoms with Crippen LogP contribution in [0.15, 0.2) is 28.7 Å². The van der Waals surface area contributed by atoms with E-state index in [4.69, 9.17) is 10.2 Å². The molecule has 1 aliphatic carbocycles. The van der Waals surface area contributed by atoms with E-state index in [1.54, 1.807) is 0 Å². The molecule has 1 heterocycles. The van der Waals surface area contributed by atoms with Gasteiger partial charge in [-0.05, 0) is 45.5 Å². The van der Waals surface area contributed by atoms with Crippen LogP contribution >= 0.6 is 0 Å². The topological polar surface area (TPSA) is 71.5 Å². The first-order chi connectivity index (χ1) is 11.1. The van der Waals surface area contributed by atoms with Crippen molar-refractivity contribution in [2.75, 3.05) is 20.6 Å². The van der Waals surface area contributed by atoms with Crippen LogP contribution in [0.25, 0.3) is 11.0 Å².